The summed E-state index contributed by atoms with van der Waals surface area (Å²) >= 11 is 0. The predicted octanol–water partition coefficient (Wildman–Crippen LogP) is 4.50. The van der Waals surface area contributed by atoms with E-state index in [9.17, 15) is 4.79 Å². The molecular formula is C16H24O. The maximum atomic E-state index is 12.2. The molecule has 0 saturated carbocycles. The molecule has 0 aliphatic heterocycles. The minimum absolute atomic E-state index is 0.340. The van der Waals surface area contributed by atoms with Crippen molar-refractivity contribution in [2.75, 3.05) is 0 Å². The first-order chi connectivity index (χ1) is 8.09. The van der Waals surface area contributed by atoms with Gasteiger partial charge in [-0.15, -0.1) is 0 Å². The molecule has 0 atom stereocenters. The molecule has 1 aromatic carbocycles. The molecule has 0 amide bonds. The van der Waals surface area contributed by atoms with Gasteiger partial charge in [-0.2, -0.15) is 0 Å². The van der Waals surface area contributed by atoms with Crippen LogP contribution in [0.25, 0.3) is 0 Å². The molecule has 1 rings (SSSR count). The summed E-state index contributed by atoms with van der Waals surface area (Å²) in [6.45, 7) is 6.25. The van der Waals surface area contributed by atoms with Gasteiger partial charge in [-0.1, -0.05) is 56.5 Å². The van der Waals surface area contributed by atoms with Gasteiger partial charge >= 0.3 is 0 Å². The average Bonchev–Trinajstić information content (AvgIpc) is 2.35. The van der Waals surface area contributed by atoms with E-state index in [2.05, 4.69) is 6.92 Å². The highest BCUT2D eigenvalue weighted by molar-refractivity contribution is 5.89. The largest absolute Gasteiger partial charge is 0.299 e. The molecule has 0 unspecified atom stereocenters. The highest BCUT2D eigenvalue weighted by atomic mass is 16.1. The second-order valence-electron chi connectivity index (χ2n) is 5.22. The van der Waals surface area contributed by atoms with Gasteiger partial charge in [-0.05, 0) is 25.8 Å². The molecule has 0 spiro atoms. The second-order valence-corrected chi connectivity index (χ2v) is 5.22. The van der Waals surface area contributed by atoms with Crippen LogP contribution in [0.1, 0.15) is 58.4 Å². The summed E-state index contributed by atoms with van der Waals surface area (Å²) in [5.74, 6) is 0.361. The maximum absolute atomic E-state index is 12.2. The molecule has 0 aliphatic carbocycles. The third-order valence-electron chi connectivity index (χ3n) is 3.45. The summed E-state index contributed by atoms with van der Waals surface area (Å²) < 4.78 is 0. The third-order valence-corrected chi connectivity index (χ3v) is 3.45. The Morgan fingerprint density at radius 2 is 1.71 bits per heavy atom. The van der Waals surface area contributed by atoms with E-state index in [-0.39, 0.29) is 5.41 Å². The van der Waals surface area contributed by atoms with Crippen molar-refractivity contribution >= 4 is 5.78 Å². The summed E-state index contributed by atoms with van der Waals surface area (Å²) in [7, 11) is 0. The summed E-state index contributed by atoms with van der Waals surface area (Å²) in [6, 6.07) is 10.1. The van der Waals surface area contributed by atoms with E-state index >= 15 is 0 Å². The lowest BCUT2D eigenvalue weighted by Gasteiger charge is -2.23. The molecule has 0 bridgehead atoms. The van der Waals surface area contributed by atoms with Crippen molar-refractivity contribution in [3.05, 3.63) is 35.9 Å². The number of unbranched alkanes of at least 4 members (excludes halogenated alkanes) is 3. The predicted molar refractivity (Wildman–Crippen MR) is 73.2 cm³/mol. The first-order valence-electron chi connectivity index (χ1n) is 6.68. The van der Waals surface area contributed by atoms with Crippen LogP contribution in [0.15, 0.2) is 30.3 Å². The summed E-state index contributed by atoms with van der Waals surface area (Å²) in [5, 5.41) is 0. The molecule has 0 fully saturated rings. The van der Waals surface area contributed by atoms with E-state index < -0.39 is 0 Å². The molecule has 1 heteroatoms. The zero-order chi connectivity index (χ0) is 12.7. The number of Topliss-reactive ketones (excluding diaryl/α,β-unsaturated/α-hetero) is 1. The van der Waals surface area contributed by atoms with Crippen LogP contribution in [0, 0.1) is 0 Å². The van der Waals surface area contributed by atoms with Gasteiger partial charge in [0, 0.05) is 11.8 Å². The van der Waals surface area contributed by atoms with Crippen molar-refractivity contribution in [2.24, 2.45) is 0 Å². The van der Waals surface area contributed by atoms with Crippen LogP contribution in [0.4, 0.5) is 0 Å². The van der Waals surface area contributed by atoms with Gasteiger partial charge in [0.05, 0.1) is 0 Å². The highest BCUT2D eigenvalue weighted by Crippen LogP contribution is 2.26. The summed E-state index contributed by atoms with van der Waals surface area (Å²) in [5.41, 5.74) is 0.786. The Balaban J connectivity index is 2.55. The van der Waals surface area contributed by atoms with Crippen molar-refractivity contribution in [1.82, 2.24) is 0 Å². The third kappa shape index (κ3) is 3.99. The molecular weight excluding hydrogens is 208 g/mol. The van der Waals surface area contributed by atoms with Crippen molar-refractivity contribution < 1.29 is 4.79 Å². The SMILES string of the molecule is CCCCCCC(=O)C(C)(C)c1ccccc1. The van der Waals surface area contributed by atoms with Crippen molar-refractivity contribution in [3.8, 4) is 0 Å². The van der Waals surface area contributed by atoms with E-state index in [1.165, 1.54) is 19.3 Å². The Hall–Kier alpha value is -1.11. The fraction of sp³-hybridized carbons (Fsp3) is 0.562. The Morgan fingerprint density at radius 3 is 2.29 bits per heavy atom. The van der Waals surface area contributed by atoms with Crippen LogP contribution in [0.5, 0.6) is 0 Å². The number of carbonyl (C=O) groups is 1. The Morgan fingerprint density at radius 1 is 1.06 bits per heavy atom. The zero-order valence-corrected chi connectivity index (χ0v) is 11.3. The lowest BCUT2D eigenvalue weighted by Crippen LogP contribution is -2.28. The summed E-state index contributed by atoms with van der Waals surface area (Å²) in [4.78, 5) is 12.2. The molecule has 0 heterocycles. The smallest absolute Gasteiger partial charge is 0.142 e. The van der Waals surface area contributed by atoms with E-state index in [1.807, 2.05) is 44.2 Å². The minimum atomic E-state index is -0.340. The molecule has 0 N–H and O–H groups in total. The minimum Gasteiger partial charge on any atom is -0.299 e. The number of carbonyl (C=O) groups excluding carboxylic acids is 1. The van der Waals surface area contributed by atoms with Crippen molar-refractivity contribution in [3.63, 3.8) is 0 Å². The fourth-order valence-electron chi connectivity index (χ4n) is 2.04. The number of ketones is 1. The van der Waals surface area contributed by atoms with Gasteiger partial charge in [0.1, 0.15) is 5.78 Å². The molecule has 0 aliphatic rings. The number of rotatable bonds is 7. The number of hydrogen-bond donors (Lipinski definition) is 0. The molecule has 0 radical (unpaired) electrons. The Bertz CT molecular complexity index is 338. The first kappa shape index (κ1) is 14.0. The van der Waals surface area contributed by atoms with Gasteiger partial charge in [0.2, 0.25) is 0 Å². The van der Waals surface area contributed by atoms with Crippen LogP contribution in [-0.4, -0.2) is 5.78 Å². The lowest BCUT2D eigenvalue weighted by molar-refractivity contribution is -0.123. The number of benzene rings is 1. The van der Waals surface area contributed by atoms with Crippen LogP contribution in [-0.2, 0) is 10.2 Å². The van der Waals surface area contributed by atoms with E-state index in [0.717, 1.165) is 12.0 Å². The van der Waals surface area contributed by atoms with Gasteiger partial charge in [-0.25, -0.2) is 0 Å². The summed E-state index contributed by atoms with van der Waals surface area (Å²) in [6.07, 6.45) is 5.37. The highest BCUT2D eigenvalue weighted by Gasteiger charge is 2.28. The zero-order valence-electron chi connectivity index (χ0n) is 11.3. The normalized spacial score (nSPS) is 11.5. The quantitative estimate of drug-likeness (QED) is 0.632. The Labute approximate surface area is 105 Å². The lowest BCUT2D eigenvalue weighted by atomic mass is 9.79. The van der Waals surface area contributed by atoms with Crippen LogP contribution in [0.2, 0.25) is 0 Å². The fourth-order valence-corrected chi connectivity index (χ4v) is 2.04. The monoisotopic (exact) mass is 232 g/mol. The molecule has 94 valence electrons. The maximum Gasteiger partial charge on any atom is 0.142 e. The standard InChI is InChI=1S/C16H24O/c1-4-5-6-10-13-15(17)16(2,3)14-11-8-7-9-12-14/h7-9,11-12H,4-6,10,13H2,1-3H3. The first-order valence-corrected chi connectivity index (χ1v) is 6.68. The molecule has 17 heavy (non-hydrogen) atoms. The molecule has 1 aromatic rings. The van der Waals surface area contributed by atoms with Crippen LogP contribution >= 0.6 is 0 Å². The molecule has 1 nitrogen and oxygen atoms in total. The van der Waals surface area contributed by atoms with Crippen LogP contribution < -0.4 is 0 Å². The van der Waals surface area contributed by atoms with Crippen molar-refractivity contribution in [1.29, 1.82) is 0 Å². The molecule has 0 saturated heterocycles. The Kier molecular flexibility index (Phi) is 5.40. The van der Waals surface area contributed by atoms with Gasteiger partial charge < -0.3 is 0 Å². The van der Waals surface area contributed by atoms with Gasteiger partial charge in [0.15, 0.2) is 0 Å². The van der Waals surface area contributed by atoms with Crippen LogP contribution in [0.3, 0.4) is 0 Å². The van der Waals surface area contributed by atoms with E-state index in [1.54, 1.807) is 0 Å². The van der Waals surface area contributed by atoms with Gasteiger partial charge in [0.25, 0.3) is 0 Å². The van der Waals surface area contributed by atoms with Gasteiger partial charge in [-0.3, -0.25) is 4.79 Å². The second kappa shape index (κ2) is 6.58. The van der Waals surface area contributed by atoms with E-state index in [0.29, 0.717) is 12.2 Å². The van der Waals surface area contributed by atoms with E-state index in [4.69, 9.17) is 0 Å². The number of hydrogen-bond acceptors (Lipinski definition) is 1. The average molecular weight is 232 g/mol. The topological polar surface area (TPSA) is 17.1 Å². The van der Waals surface area contributed by atoms with Crippen molar-refractivity contribution in [2.45, 2.75) is 58.3 Å². The molecule has 0 aromatic heterocycles.